The Morgan fingerprint density at radius 2 is 2.00 bits per heavy atom. The molecule has 4 nitrogen and oxygen atoms in total. The van der Waals surface area contributed by atoms with Crippen LogP contribution in [-0.4, -0.2) is 25.7 Å². The first-order chi connectivity index (χ1) is 6.34. The van der Waals surface area contributed by atoms with E-state index in [-0.39, 0.29) is 0 Å². The molecular formula is C8H7FO4S. The summed E-state index contributed by atoms with van der Waals surface area (Å²) in [6.45, 7) is 0. The topological polar surface area (TPSA) is 71.4 Å². The van der Waals surface area contributed by atoms with E-state index >= 15 is 0 Å². The van der Waals surface area contributed by atoms with Crippen LogP contribution in [0.25, 0.3) is 0 Å². The molecule has 0 amide bonds. The third kappa shape index (κ3) is 1.90. The molecule has 0 unspecified atom stereocenters. The van der Waals surface area contributed by atoms with Crippen molar-refractivity contribution >= 4 is 15.8 Å². The van der Waals surface area contributed by atoms with E-state index in [2.05, 4.69) is 0 Å². The molecule has 6 heteroatoms. The lowest BCUT2D eigenvalue weighted by atomic mass is 10.2. The first-order valence-corrected chi connectivity index (χ1v) is 5.45. The Kier molecular flexibility index (Phi) is 2.57. The van der Waals surface area contributed by atoms with Crippen LogP contribution in [0.4, 0.5) is 4.39 Å². The minimum Gasteiger partial charge on any atom is -0.478 e. The van der Waals surface area contributed by atoms with Gasteiger partial charge >= 0.3 is 5.97 Å². The Balaban J connectivity index is 3.51. The molecule has 0 aliphatic heterocycles. The van der Waals surface area contributed by atoms with Crippen LogP contribution in [0, 0.1) is 5.82 Å². The lowest BCUT2D eigenvalue weighted by molar-refractivity contribution is 0.0691. The Hall–Kier alpha value is -1.43. The van der Waals surface area contributed by atoms with E-state index in [1.54, 1.807) is 0 Å². The fraction of sp³-hybridized carbons (Fsp3) is 0.125. The van der Waals surface area contributed by atoms with Gasteiger partial charge in [0.05, 0.1) is 5.56 Å². The first kappa shape index (κ1) is 10.6. The van der Waals surface area contributed by atoms with Crippen LogP contribution in [0.3, 0.4) is 0 Å². The molecule has 0 saturated heterocycles. The third-order valence-electron chi connectivity index (χ3n) is 1.59. The predicted octanol–water partition coefficient (Wildman–Crippen LogP) is 0.927. The molecule has 1 aromatic rings. The number of aromatic carboxylic acids is 1. The standard InChI is InChI=1S/C8H7FO4S/c1-14(12,13)6-4-2-3-5(7(6)9)8(10)11/h2-4H,1H3,(H,10,11). The Morgan fingerprint density at radius 1 is 1.43 bits per heavy atom. The molecular weight excluding hydrogens is 211 g/mol. The van der Waals surface area contributed by atoms with Gasteiger partial charge in [-0.2, -0.15) is 0 Å². The highest BCUT2D eigenvalue weighted by Gasteiger charge is 2.19. The van der Waals surface area contributed by atoms with Crippen molar-refractivity contribution in [2.24, 2.45) is 0 Å². The fourth-order valence-corrected chi connectivity index (χ4v) is 1.72. The zero-order valence-corrected chi connectivity index (χ0v) is 8.01. The Bertz CT molecular complexity index is 478. The summed E-state index contributed by atoms with van der Waals surface area (Å²) in [6, 6.07) is 3.21. The van der Waals surface area contributed by atoms with E-state index in [1.165, 1.54) is 6.07 Å². The second-order valence-corrected chi connectivity index (χ2v) is 4.68. The molecule has 76 valence electrons. The number of carboxylic acids is 1. The van der Waals surface area contributed by atoms with E-state index < -0.39 is 32.1 Å². The number of benzene rings is 1. The van der Waals surface area contributed by atoms with E-state index in [1.807, 2.05) is 0 Å². The molecule has 0 aliphatic carbocycles. The summed E-state index contributed by atoms with van der Waals surface area (Å²) in [5.41, 5.74) is -0.645. The number of carboxylic acid groups (broad SMARTS) is 1. The van der Waals surface area contributed by atoms with Gasteiger partial charge in [0.1, 0.15) is 4.90 Å². The average molecular weight is 218 g/mol. The highest BCUT2D eigenvalue weighted by Crippen LogP contribution is 2.17. The Morgan fingerprint density at radius 3 is 2.43 bits per heavy atom. The molecule has 0 fully saturated rings. The van der Waals surface area contributed by atoms with Crippen LogP contribution >= 0.6 is 0 Å². The molecule has 0 aromatic heterocycles. The number of rotatable bonds is 2. The number of halogens is 1. The van der Waals surface area contributed by atoms with E-state index in [0.29, 0.717) is 0 Å². The smallest absolute Gasteiger partial charge is 0.338 e. The van der Waals surface area contributed by atoms with Gasteiger partial charge in [-0.3, -0.25) is 0 Å². The monoisotopic (exact) mass is 218 g/mol. The minimum atomic E-state index is -3.73. The average Bonchev–Trinajstić information content (AvgIpc) is 2.01. The lowest BCUT2D eigenvalue weighted by Gasteiger charge is -2.02. The van der Waals surface area contributed by atoms with Crippen LogP contribution in [0.1, 0.15) is 10.4 Å². The summed E-state index contributed by atoms with van der Waals surface area (Å²) >= 11 is 0. The lowest BCUT2D eigenvalue weighted by Crippen LogP contribution is -2.07. The molecule has 0 atom stereocenters. The summed E-state index contributed by atoms with van der Waals surface area (Å²) in [4.78, 5) is 9.87. The predicted molar refractivity (Wildman–Crippen MR) is 46.5 cm³/mol. The van der Waals surface area contributed by atoms with Crippen LogP contribution in [-0.2, 0) is 9.84 Å². The maximum Gasteiger partial charge on any atom is 0.338 e. The van der Waals surface area contributed by atoms with Gasteiger partial charge in [0.25, 0.3) is 0 Å². The van der Waals surface area contributed by atoms with Crippen molar-refractivity contribution in [2.45, 2.75) is 4.90 Å². The first-order valence-electron chi connectivity index (χ1n) is 3.56. The number of carbonyl (C=O) groups is 1. The maximum atomic E-state index is 13.3. The quantitative estimate of drug-likeness (QED) is 0.801. The summed E-state index contributed by atoms with van der Waals surface area (Å²) in [5, 5.41) is 8.52. The van der Waals surface area contributed by atoms with Gasteiger partial charge in [0.15, 0.2) is 15.7 Å². The van der Waals surface area contributed by atoms with Crippen molar-refractivity contribution in [3.63, 3.8) is 0 Å². The van der Waals surface area contributed by atoms with E-state index in [9.17, 15) is 17.6 Å². The second-order valence-electron chi connectivity index (χ2n) is 2.70. The van der Waals surface area contributed by atoms with E-state index in [4.69, 9.17) is 5.11 Å². The number of sulfone groups is 1. The maximum absolute atomic E-state index is 13.3. The summed E-state index contributed by atoms with van der Waals surface area (Å²) in [7, 11) is -3.73. The van der Waals surface area contributed by atoms with Gasteiger partial charge in [0.2, 0.25) is 0 Å². The summed E-state index contributed by atoms with van der Waals surface area (Å²) < 4.78 is 35.3. The fourth-order valence-electron chi connectivity index (χ4n) is 0.962. The molecule has 1 aromatic carbocycles. The molecule has 14 heavy (non-hydrogen) atoms. The van der Waals surface area contributed by atoms with Crippen LogP contribution in [0.2, 0.25) is 0 Å². The van der Waals surface area contributed by atoms with Crippen molar-refractivity contribution in [1.82, 2.24) is 0 Å². The van der Waals surface area contributed by atoms with Crippen LogP contribution < -0.4 is 0 Å². The molecule has 0 bridgehead atoms. The van der Waals surface area contributed by atoms with Crippen molar-refractivity contribution in [3.05, 3.63) is 29.6 Å². The van der Waals surface area contributed by atoms with Crippen molar-refractivity contribution in [2.75, 3.05) is 6.26 Å². The Labute approximate surface area is 79.9 Å². The number of hydrogen-bond acceptors (Lipinski definition) is 3. The van der Waals surface area contributed by atoms with Gasteiger partial charge in [-0.15, -0.1) is 0 Å². The van der Waals surface area contributed by atoms with Crippen molar-refractivity contribution in [3.8, 4) is 0 Å². The minimum absolute atomic E-state index is 0.600. The molecule has 0 heterocycles. The SMILES string of the molecule is CS(=O)(=O)c1cccc(C(=O)O)c1F. The molecule has 1 rings (SSSR count). The second kappa shape index (κ2) is 3.38. The van der Waals surface area contributed by atoms with Gasteiger partial charge in [0, 0.05) is 6.26 Å². The highest BCUT2D eigenvalue weighted by atomic mass is 32.2. The summed E-state index contributed by atoms with van der Waals surface area (Å²) in [5.74, 6) is -2.71. The molecule has 1 N–H and O–H groups in total. The van der Waals surface area contributed by atoms with Gasteiger partial charge in [-0.05, 0) is 12.1 Å². The van der Waals surface area contributed by atoms with Gasteiger partial charge < -0.3 is 5.11 Å². The van der Waals surface area contributed by atoms with Crippen LogP contribution in [0.15, 0.2) is 23.1 Å². The normalized spacial score (nSPS) is 11.3. The summed E-state index contributed by atoms with van der Waals surface area (Å²) in [6.07, 6.45) is 0.817. The molecule has 0 spiro atoms. The zero-order valence-electron chi connectivity index (χ0n) is 7.19. The highest BCUT2D eigenvalue weighted by molar-refractivity contribution is 7.90. The molecule has 0 radical (unpaired) electrons. The van der Waals surface area contributed by atoms with Crippen molar-refractivity contribution < 1.29 is 22.7 Å². The largest absolute Gasteiger partial charge is 0.478 e. The van der Waals surface area contributed by atoms with Crippen LogP contribution in [0.5, 0.6) is 0 Å². The molecule has 0 aliphatic rings. The van der Waals surface area contributed by atoms with Gasteiger partial charge in [-0.25, -0.2) is 17.6 Å². The third-order valence-corrected chi connectivity index (χ3v) is 2.71. The zero-order chi connectivity index (χ0) is 10.9. The van der Waals surface area contributed by atoms with Gasteiger partial charge in [-0.1, -0.05) is 6.07 Å². The molecule has 0 saturated carbocycles. The van der Waals surface area contributed by atoms with E-state index in [0.717, 1.165) is 18.4 Å². The number of hydrogen-bond donors (Lipinski definition) is 1. The van der Waals surface area contributed by atoms with Crippen molar-refractivity contribution in [1.29, 1.82) is 0 Å².